The van der Waals surface area contributed by atoms with Crippen LogP contribution in [0, 0.1) is 0 Å². The van der Waals surface area contributed by atoms with Gasteiger partial charge in [-0.3, -0.25) is 0 Å². The Balaban J connectivity index is 4.39. The molecule has 0 aliphatic rings. The summed E-state index contributed by atoms with van der Waals surface area (Å²) in [5.41, 5.74) is 7.46. The van der Waals surface area contributed by atoms with Gasteiger partial charge < -0.3 is 0 Å². The van der Waals surface area contributed by atoms with Crippen LogP contribution in [0.3, 0.4) is 0 Å². The van der Waals surface area contributed by atoms with Crippen molar-refractivity contribution in [3.63, 3.8) is 0 Å². The Bertz CT molecular complexity index is 541. The van der Waals surface area contributed by atoms with Gasteiger partial charge in [0.2, 0.25) is 0 Å². The van der Waals surface area contributed by atoms with E-state index in [2.05, 4.69) is 31.0 Å². The first-order valence-corrected chi connectivity index (χ1v) is 25.8. The zero-order valence-electron chi connectivity index (χ0n) is 27.5. The number of hydrogen-bond donors (Lipinski definition) is 2. The van der Waals surface area contributed by atoms with Crippen molar-refractivity contribution in [2.75, 3.05) is 6.16 Å². The third-order valence-electron chi connectivity index (χ3n) is 9.28. The third kappa shape index (κ3) is 23.9. The van der Waals surface area contributed by atoms with E-state index in [-0.39, 0.29) is 10.4 Å². The first-order chi connectivity index (χ1) is 18.6. The van der Waals surface area contributed by atoms with Gasteiger partial charge >= 0.3 is 211 Å². The topological polar surface area (TPSA) is 57.5 Å². The molecule has 0 unspecified atom stereocenters. The average molecular weight is 636 g/mol. The molecular formula is C34H73AsO3P+. The second-order valence-electron chi connectivity index (χ2n) is 13.7. The number of unbranched alkanes of at least 4 members (excludes halogenated alkanes) is 22. The van der Waals surface area contributed by atoms with E-state index in [1.165, 1.54) is 167 Å². The maximum atomic E-state index is 11.9. The quantitative estimate of drug-likeness (QED) is 0.0469. The molecule has 0 radical (unpaired) electrons. The molecule has 0 aromatic rings. The Labute approximate surface area is 249 Å². The molecule has 0 atom stereocenters. The predicted octanol–water partition coefficient (Wildman–Crippen LogP) is 12.8. The van der Waals surface area contributed by atoms with Crippen molar-refractivity contribution >= 4 is 21.1 Å². The SMILES string of the molecule is CCCCCCCCCCCCCCC(CCCCCCCCCCCCCC)(CCP(=O)(O)O)[As+](C)(C)C. The van der Waals surface area contributed by atoms with Crippen LogP contribution in [0.4, 0.5) is 0 Å². The Morgan fingerprint density at radius 1 is 0.462 bits per heavy atom. The van der Waals surface area contributed by atoms with E-state index >= 15 is 0 Å². The van der Waals surface area contributed by atoms with Crippen LogP contribution in [0.15, 0.2) is 0 Å². The molecule has 0 aliphatic heterocycles. The zero-order chi connectivity index (χ0) is 29.3. The predicted molar refractivity (Wildman–Crippen MR) is 179 cm³/mol. The summed E-state index contributed by atoms with van der Waals surface area (Å²) >= 11 is -1.97. The van der Waals surface area contributed by atoms with E-state index in [9.17, 15) is 14.4 Å². The molecular weight excluding hydrogens is 562 g/mol. The molecule has 0 bridgehead atoms. The van der Waals surface area contributed by atoms with Gasteiger partial charge in [0.25, 0.3) is 0 Å². The summed E-state index contributed by atoms with van der Waals surface area (Å²) < 4.78 is 12.1. The van der Waals surface area contributed by atoms with Gasteiger partial charge in [0.15, 0.2) is 0 Å². The van der Waals surface area contributed by atoms with E-state index in [1.807, 2.05) is 0 Å². The van der Waals surface area contributed by atoms with Crippen molar-refractivity contribution in [2.24, 2.45) is 0 Å². The van der Waals surface area contributed by atoms with Gasteiger partial charge in [-0.15, -0.1) is 0 Å². The average Bonchev–Trinajstić information content (AvgIpc) is 2.86. The Hall–Kier alpha value is 0.708. The fourth-order valence-corrected chi connectivity index (χ4v) is 12.5. The van der Waals surface area contributed by atoms with Crippen LogP contribution in [0.5, 0.6) is 0 Å². The van der Waals surface area contributed by atoms with Crippen LogP contribution in [0.2, 0.25) is 21.3 Å². The molecule has 0 rings (SSSR count). The monoisotopic (exact) mass is 635 g/mol. The van der Waals surface area contributed by atoms with Gasteiger partial charge in [-0.2, -0.15) is 0 Å². The van der Waals surface area contributed by atoms with Gasteiger partial charge in [0.05, 0.1) is 0 Å². The standard InChI is InChI=1S/C34H72AsO3P/c1-6-8-10-12-14-16-18-20-22-24-26-28-30-34(35(3,4)5,32-33-39(36,37)38)31-29-27-25-23-21-19-17-15-13-11-9-7-2/h6-33H2,1-5H3,(H-,36,37,38)/p+1. The van der Waals surface area contributed by atoms with Gasteiger partial charge in [0, 0.05) is 0 Å². The van der Waals surface area contributed by atoms with Crippen LogP contribution in [-0.2, 0) is 4.57 Å². The second kappa shape index (κ2) is 25.2. The van der Waals surface area contributed by atoms with Gasteiger partial charge in [-0.1, -0.05) is 39.5 Å². The summed E-state index contributed by atoms with van der Waals surface area (Å²) in [4.78, 5) is 19.4. The van der Waals surface area contributed by atoms with Crippen LogP contribution in [0.1, 0.15) is 187 Å². The van der Waals surface area contributed by atoms with Crippen molar-refractivity contribution in [1.29, 1.82) is 0 Å². The fraction of sp³-hybridized carbons (Fsp3) is 1.00. The van der Waals surface area contributed by atoms with Crippen LogP contribution >= 0.6 is 7.60 Å². The van der Waals surface area contributed by atoms with Crippen LogP contribution < -0.4 is 0 Å². The number of rotatable bonds is 30. The molecule has 0 aliphatic carbocycles. The van der Waals surface area contributed by atoms with E-state index in [1.54, 1.807) is 0 Å². The Morgan fingerprint density at radius 2 is 0.718 bits per heavy atom. The van der Waals surface area contributed by atoms with Crippen molar-refractivity contribution in [3.05, 3.63) is 0 Å². The summed E-state index contributed by atoms with van der Waals surface area (Å²) in [7, 11) is -3.94. The molecule has 0 saturated heterocycles. The minimum atomic E-state index is -3.94. The Kier molecular flexibility index (Phi) is 25.7. The second-order valence-corrected chi connectivity index (χ2v) is 25.9. The maximum absolute atomic E-state index is 11.9. The fourth-order valence-electron chi connectivity index (χ4n) is 6.33. The molecule has 0 spiro atoms. The van der Waals surface area contributed by atoms with Gasteiger partial charge in [0.1, 0.15) is 0 Å². The summed E-state index contributed by atoms with van der Waals surface area (Å²) in [6.07, 6.45) is 36.0. The van der Waals surface area contributed by atoms with E-state index in [0.717, 1.165) is 6.42 Å². The molecule has 0 heterocycles. The molecule has 2 N–H and O–H groups in total. The Morgan fingerprint density at radius 3 is 0.949 bits per heavy atom. The molecule has 0 amide bonds. The molecule has 3 nitrogen and oxygen atoms in total. The molecule has 236 valence electrons. The summed E-state index contributed by atoms with van der Waals surface area (Å²) in [5.74, 6) is 0. The van der Waals surface area contributed by atoms with Crippen molar-refractivity contribution in [1.82, 2.24) is 0 Å². The molecule has 0 aromatic carbocycles. The van der Waals surface area contributed by atoms with Crippen LogP contribution in [0.25, 0.3) is 0 Å². The molecule has 0 saturated carbocycles. The summed E-state index contributed by atoms with van der Waals surface area (Å²) in [6.45, 7) is 4.57. The van der Waals surface area contributed by atoms with E-state index in [4.69, 9.17) is 0 Å². The zero-order valence-corrected chi connectivity index (χ0v) is 30.3. The first-order valence-electron chi connectivity index (χ1n) is 17.4. The van der Waals surface area contributed by atoms with Gasteiger partial charge in [-0.05, 0) is 0 Å². The van der Waals surface area contributed by atoms with Gasteiger partial charge in [-0.25, -0.2) is 0 Å². The minimum absolute atomic E-state index is 0.0854. The molecule has 0 aromatic heterocycles. The van der Waals surface area contributed by atoms with Crippen molar-refractivity contribution in [2.45, 2.75) is 209 Å². The molecule has 5 heteroatoms. The van der Waals surface area contributed by atoms with Crippen molar-refractivity contribution in [3.8, 4) is 0 Å². The number of hydrogen-bond acceptors (Lipinski definition) is 1. The molecule has 0 fully saturated rings. The normalized spacial score (nSPS) is 12.9. The summed E-state index contributed by atoms with van der Waals surface area (Å²) in [5, 5.41) is 0. The molecule has 39 heavy (non-hydrogen) atoms. The van der Waals surface area contributed by atoms with E-state index in [0.29, 0.717) is 0 Å². The first kappa shape index (κ1) is 39.7. The van der Waals surface area contributed by atoms with Crippen molar-refractivity contribution < 1.29 is 14.4 Å². The van der Waals surface area contributed by atoms with Crippen LogP contribution in [-0.4, -0.2) is 29.5 Å². The summed E-state index contributed by atoms with van der Waals surface area (Å²) in [6, 6.07) is 0. The third-order valence-corrected chi connectivity index (χ3v) is 17.5. The van der Waals surface area contributed by atoms with E-state index < -0.39 is 21.1 Å².